The zero-order valence-corrected chi connectivity index (χ0v) is 74.8. The number of carboxylic acids is 1. The number of aromatic amines is 2. The molecule has 0 bridgehead atoms. The van der Waals surface area contributed by atoms with E-state index in [-0.39, 0.29) is 115 Å². The number of nitrogens with two attached hydrogens (primary N) is 3. The molecule has 0 saturated carbocycles. The number of carboxylic acid groups (broad SMARTS) is 1. The number of primary amides is 1. The van der Waals surface area contributed by atoms with Crippen molar-refractivity contribution in [1.82, 2.24) is 87.6 Å². The molecule has 708 valence electrons. The number of H-pyrrole nitrogens is 2. The third-order valence-electron chi connectivity index (χ3n) is 23.8. The number of aliphatic hydroxyl groups excluding tert-OH is 2. The highest BCUT2D eigenvalue weighted by atomic mass is 32.2. The summed E-state index contributed by atoms with van der Waals surface area (Å²) in [5, 5.41) is 70.5. The maximum atomic E-state index is 15.7. The number of para-hydroxylation sites is 2. The maximum absolute atomic E-state index is 15.7. The van der Waals surface area contributed by atoms with Gasteiger partial charge < -0.3 is 125 Å². The van der Waals surface area contributed by atoms with E-state index in [4.69, 9.17) is 17.2 Å². The lowest BCUT2D eigenvalue weighted by atomic mass is 10.00. The number of nitrogens with zero attached hydrogens (tertiary/aromatic N) is 5. The lowest BCUT2D eigenvalue weighted by molar-refractivity contribution is -0.149. The summed E-state index contributed by atoms with van der Waals surface area (Å²) < 4.78 is 0. The molecule has 0 radical (unpaired) electrons. The molecular weight excluding hydrogens is 1710 g/mol. The number of amides is 16. The molecule has 4 aliphatic rings. The van der Waals surface area contributed by atoms with E-state index in [2.05, 4.69) is 63.1 Å². The van der Waals surface area contributed by atoms with E-state index in [9.17, 15) is 63.6 Å². The SMILES string of the molecule is CCCC[C@H]1C(=O)N(C)[C@@H](CCCC)C(=O)N[C@@H](CCCN)C(=O)N[C@H](C(=O)NCC(N)=O)CSCC(=O)N[C@@H](Cc2ccc(O)cc2)C(=O)N2CCC[C@H]2C(=O)N[C@@H](CC(=O)O)C(=O)N2CCC[C@H]2C(=O)N[C@@H](CN)C(=O)N[C@@H](CC(C)C)C(=O)N2C[C@@H](O)C[C@H]2C(=O)N[C@@H](Cc2c[nH]c3ccccc23)C(=O)N[C@@H](CO)C(=O)N[C@@H](Cc2c[nH]c3ccccc23)C(=O)N1C. The van der Waals surface area contributed by atoms with Crippen molar-refractivity contribution in [2.75, 3.05) is 71.5 Å². The molecule has 0 spiro atoms. The first-order chi connectivity index (χ1) is 62.1. The average Bonchev–Trinajstić information content (AvgIpc) is 1.65. The largest absolute Gasteiger partial charge is 0.508 e. The second-order valence-corrected chi connectivity index (χ2v) is 34.9. The second kappa shape index (κ2) is 48.4. The standard InChI is InChI=1S/C88H124N20O21S/c1-7-9-23-67-80(121)96-58(22-15-31-89)76(117)103-66(75(116)94-43-72(91)112)46-130-47-73(113)95-61(35-49-27-29-52(110)30-28-49)85(126)106-32-16-25-68(106)81(122)100-63(39-74(114)115)86(127)107-33-17-26-69(107)82(123)101-64(40-90)78(119)98-60(34-48(3)4)87(128)108-44-53(111)38-71(108)83(124)97-59(36-50-41-92-56-20-13-11-18-54(50)56)77(118)102-65(45-109)79(120)99-62(37-51-42-93-57-21-14-12-19-55(51)57)84(125)105(6)70(24-10-8-2)88(129)104(67)5/h11-14,18-21,27-30,41-42,48,53,58-71,92-93,109-111H,7-10,15-17,22-26,31-40,43-47,89-90H2,1-6H3,(H2,91,112)(H,94,116)(H,95,113)(H,96,121)(H,97,124)(H,98,119)(H,99,120)(H,100,122)(H,101,123)(H,102,118)(H,103,117)(H,114,115)/t53-,58-,59-,60-,61-,62-,63-,64-,65-,66-,67-,68-,69-,70-,71-/m0/s1. The molecule has 2 aromatic heterocycles. The van der Waals surface area contributed by atoms with E-state index in [1.54, 1.807) is 74.8 Å². The van der Waals surface area contributed by atoms with Crippen molar-refractivity contribution in [1.29, 1.82) is 0 Å². The van der Waals surface area contributed by atoms with Crippen LogP contribution in [0.15, 0.2) is 85.2 Å². The number of carbonyl (C=O) groups excluding carboxylic acids is 16. The number of rotatable bonds is 24. The Kier molecular flexibility index (Phi) is 37.8. The predicted octanol–water partition coefficient (Wildman–Crippen LogP) is -2.72. The molecule has 0 unspecified atom stereocenters. The molecule has 9 rings (SSSR count). The van der Waals surface area contributed by atoms with Crippen molar-refractivity contribution in [3.63, 3.8) is 0 Å². The number of phenolic OH excluding ortho intramolecular Hbond substituents is 1. The van der Waals surface area contributed by atoms with Gasteiger partial charge in [-0.3, -0.25) is 81.5 Å². The van der Waals surface area contributed by atoms with Crippen molar-refractivity contribution in [2.24, 2.45) is 23.1 Å². The van der Waals surface area contributed by atoms with E-state index < -0.39 is 235 Å². The molecule has 16 amide bonds. The lowest BCUT2D eigenvalue weighted by Crippen LogP contribution is -2.62. The number of likely N-dealkylation sites (N-methyl/N-ethyl adjacent to an activating group) is 2. The first-order valence-corrected chi connectivity index (χ1v) is 45.3. The van der Waals surface area contributed by atoms with Gasteiger partial charge in [0.1, 0.15) is 90.3 Å². The van der Waals surface area contributed by atoms with Crippen LogP contribution in [-0.2, 0) is 101 Å². The number of hydrogen-bond donors (Lipinski definition) is 19. The van der Waals surface area contributed by atoms with Crippen LogP contribution >= 0.6 is 11.8 Å². The van der Waals surface area contributed by atoms with Gasteiger partial charge in [0.15, 0.2) is 0 Å². The Hall–Kier alpha value is -12.3. The van der Waals surface area contributed by atoms with Crippen molar-refractivity contribution in [3.8, 4) is 5.75 Å². The van der Waals surface area contributed by atoms with Gasteiger partial charge in [0.2, 0.25) is 94.5 Å². The smallest absolute Gasteiger partial charge is 0.305 e. The number of aliphatic carboxylic acids is 1. The third-order valence-corrected chi connectivity index (χ3v) is 24.8. The van der Waals surface area contributed by atoms with Crippen LogP contribution in [0.3, 0.4) is 0 Å². The third kappa shape index (κ3) is 27.2. The van der Waals surface area contributed by atoms with E-state index >= 15 is 38.4 Å². The Morgan fingerprint density at radius 1 is 0.531 bits per heavy atom. The van der Waals surface area contributed by atoms with Crippen LogP contribution in [-0.4, -0.2) is 318 Å². The van der Waals surface area contributed by atoms with E-state index in [0.29, 0.717) is 64.2 Å². The summed E-state index contributed by atoms with van der Waals surface area (Å²) >= 11 is 0.787. The number of benzene rings is 3. The van der Waals surface area contributed by atoms with Gasteiger partial charge in [0.05, 0.1) is 31.4 Å². The lowest BCUT2D eigenvalue weighted by Gasteiger charge is -2.36. The number of carbonyl (C=O) groups is 17. The highest BCUT2D eigenvalue weighted by molar-refractivity contribution is 8.00. The van der Waals surface area contributed by atoms with Gasteiger partial charge in [-0.2, -0.15) is 0 Å². The molecule has 130 heavy (non-hydrogen) atoms. The number of hydrogen-bond acceptors (Lipinski definition) is 23. The van der Waals surface area contributed by atoms with Crippen LogP contribution in [0.1, 0.15) is 141 Å². The average molecular weight is 1830 g/mol. The van der Waals surface area contributed by atoms with Crippen molar-refractivity contribution < 1.29 is 102 Å². The molecular formula is C88H124N20O21S. The summed E-state index contributed by atoms with van der Waals surface area (Å²) in [5.74, 6) is -17.8. The molecule has 3 aromatic carbocycles. The van der Waals surface area contributed by atoms with Gasteiger partial charge in [-0.1, -0.05) is 102 Å². The molecule has 41 nitrogen and oxygen atoms in total. The van der Waals surface area contributed by atoms with Crippen LogP contribution in [0.5, 0.6) is 5.75 Å². The number of aromatic nitrogens is 2. The molecule has 6 heterocycles. The van der Waals surface area contributed by atoms with E-state index in [0.717, 1.165) is 36.3 Å². The molecule has 42 heteroatoms. The number of fused-ring (bicyclic) bond motifs is 5. The Balaban J connectivity index is 1.08. The van der Waals surface area contributed by atoms with Crippen molar-refractivity contribution in [2.45, 2.75) is 234 Å². The molecule has 22 N–H and O–H groups in total. The van der Waals surface area contributed by atoms with Gasteiger partial charge in [0.25, 0.3) is 0 Å². The van der Waals surface area contributed by atoms with Crippen molar-refractivity contribution in [3.05, 3.63) is 102 Å². The van der Waals surface area contributed by atoms with Crippen LogP contribution in [0, 0.1) is 5.92 Å². The maximum Gasteiger partial charge on any atom is 0.305 e. The Morgan fingerprint density at radius 3 is 1.59 bits per heavy atom. The Bertz CT molecular complexity index is 4880. The van der Waals surface area contributed by atoms with Crippen LogP contribution in [0.2, 0.25) is 0 Å². The van der Waals surface area contributed by atoms with Crippen molar-refractivity contribution >= 4 is 134 Å². The summed E-state index contributed by atoms with van der Waals surface area (Å²) in [6, 6.07) is -1.90. The number of nitrogens with one attached hydrogen (secondary N) is 12. The topological polar surface area (TPSA) is 617 Å². The first-order valence-electron chi connectivity index (χ1n) is 44.2. The second-order valence-electron chi connectivity index (χ2n) is 33.9. The minimum atomic E-state index is -1.88. The summed E-state index contributed by atoms with van der Waals surface area (Å²) in [6.45, 7) is 4.08. The van der Waals surface area contributed by atoms with Gasteiger partial charge in [-0.25, -0.2) is 0 Å². The fourth-order valence-corrected chi connectivity index (χ4v) is 17.7. The highest BCUT2D eigenvalue weighted by Gasteiger charge is 2.47. The van der Waals surface area contributed by atoms with Gasteiger partial charge in [-0.05, 0) is 111 Å². The fraction of sp³-hybridized carbons (Fsp3) is 0.557. The number of aliphatic hydroxyl groups is 2. The Morgan fingerprint density at radius 2 is 1.02 bits per heavy atom. The number of phenols is 1. The van der Waals surface area contributed by atoms with Crippen LogP contribution in [0.4, 0.5) is 0 Å². The minimum absolute atomic E-state index is 0.00347. The summed E-state index contributed by atoms with van der Waals surface area (Å²) in [6.07, 6.45) is 1.60. The predicted molar refractivity (Wildman–Crippen MR) is 477 cm³/mol. The first kappa shape index (κ1) is 101. The monoisotopic (exact) mass is 1830 g/mol. The summed E-state index contributed by atoms with van der Waals surface area (Å²) in [4.78, 5) is 260. The number of aromatic hydroxyl groups is 1. The zero-order valence-electron chi connectivity index (χ0n) is 74.0. The molecule has 5 aromatic rings. The molecule has 4 aliphatic heterocycles. The minimum Gasteiger partial charge on any atom is -0.508 e. The van der Waals surface area contributed by atoms with Gasteiger partial charge in [-0.15, -0.1) is 11.8 Å². The summed E-state index contributed by atoms with van der Waals surface area (Å²) in [5.41, 5.74) is 20.3. The van der Waals surface area contributed by atoms with Gasteiger partial charge in [0, 0.05) is 106 Å². The fourth-order valence-electron chi connectivity index (χ4n) is 16.8. The van der Waals surface area contributed by atoms with Gasteiger partial charge >= 0.3 is 5.97 Å². The normalized spacial score (nSPS) is 25.7. The van der Waals surface area contributed by atoms with Crippen LogP contribution < -0.4 is 70.4 Å². The molecule has 4 fully saturated rings. The summed E-state index contributed by atoms with van der Waals surface area (Å²) in [7, 11) is 2.71. The van der Waals surface area contributed by atoms with E-state index in [1.165, 1.54) is 38.4 Å². The number of thioether (sulfide) groups is 1. The molecule has 15 atom stereocenters. The van der Waals surface area contributed by atoms with Crippen LogP contribution in [0.25, 0.3) is 21.8 Å². The Labute approximate surface area is 756 Å². The molecule has 4 saturated heterocycles. The zero-order chi connectivity index (χ0) is 94.7. The highest BCUT2D eigenvalue weighted by Crippen LogP contribution is 2.29. The quantitative estimate of drug-likeness (QED) is 0.0298. The van der Waals surface area contributed by atoms with E-state index in [1.807, 2.05) is 13.8 Å². The number of unbranched alkanes of at least 4 members (excludes halogenated alkanes) is 2. The molecule has 0 aliphatic carbocycles.